The molecule has 4 rings (SSSR count). The van der Waals surface area contributed by atoms with E-state index in [1.807, 2.05) is 12.1 Å². The number of rotatable bonds is 9. The summed E-state index contributed by atoms with van der Waals surface area (Å²) < 4.78 is 30.8. The van der Waals surface area contributed by atoms with Gasteiger partial charge in [-0.3, -0.25) is 9.80 Å². The summed E-state index contributed by atoms with van der Waals surface area (Å²) in [5.74, 6) is 0.686. The van der Waals surface area contributed by atoms with E-state index in [9.17, 15) is 9.50 Å². The van der Waals surface area contributed by atoms with Gasteiger partial charge in [0.25, 0.3) is 0 Å². The van der Waals surface area contributed by atoms with Gasteiger partial charge in [-0.25, -0.2) is 4.39 Å². The molecule has 0 saturated carbocycles. The van der Waals surface area contributed by atoms with Crippen LogP contribution in [0.5, 0.6) is 11.5 Å². The van der Waals surface area contributed by atoms with Gasteiger partial charge in [-0.2, -0.15) is 0 Å². The molecule has 0 aliphatic carbocycles. The molecule has 2 aromatic carbocycles. The Kier molecular flexibility index (Phi) is 8.56. The molecular formula is C26H35FN2O4. The Morgan fingerprint density at radius 3 is 2.64 bits per heavy atom. The van der Waals surface area contributed by atoms with Crippen molar-refractivity contribution in [1.29, 1.82) is 0 Å². The smallest absolute Gasteiger partial charge is 0.165 e. The van der Waals surface area contributed by atoms with Crippen LogP contribution < -0.4 is 9.47 Å². The minimum absolute atomic E-state index is 0.105. The van der Waals surface area contributed by atoms with Crippen LogP contribution in [0.4, 0.5) is 4.39 Å². The highest BCUT2D eigenvalue weighted by Gasteiger charge is 2.31. The van der Waals surface area contributed by atoms with Crippen molar-refractivity contribution < 1.29 is 23.7 Å². The number of morpholine rings is 1. The van der Waals surface area contributed by atoms with Crippen LogP contribution in [0.15, 0.2) is 48.5 Å². The van der Waals surface area contributed by atoms with E-state index in [4.69, 9.17) is 14.2 Å². The maximum absolute atomic E-state index is 13.8. The number of aliphatic hydroxyl groups is 1. The summed E-state index contributed by atoms with van der Waals surface area (Å²) in [4.78, 5) is 4.72. The van der Waals surface area contributed by atoms with E-state index in [2.05, 4.69) is 21.9 Å². The van der Waals surface area contributed by atoms with E-state index in [-0.39, 0.29) is 12.4 Å². The van der Waals surface area contributed by atoms with Crippen molar-refractivity contribution in [2.75, 3.05) is 59.2 Å². The normalized spacial score (nSPS) is 22.6. The molecule has 180 valence electrons. The van der Waals surface area contributed by atoms with Crippen molar-refractivity contribution in [1.82, 2.24) is 9.80 Å². The zero-order valence-corrected chi connectivity index (χ0v) is 19.3. The Morgan fingerprint density at radius 2 is 1.79 bits per heavy atom. The third-order valence-corrected chi connectivity index (χ3v) is 6.43. The predicted molar refractivity (Wildman–Crippen MR) is 125 cm³/mol. The largest absolute Gasteiger partial charge is 0.492 e. The summed E-state index contributed by atoms with van der Waals surface area (Å²) >= 11 is 0. The van der Waals surface area contributed by atoms with Gasteiger partial charge >= 0.3 is 0 Å². The third-order valence-electron chi connectivity index (χ3n) is 6.43. The van der Waals surface area contributed by atoms with Gasteiger partial charge in [-0.1, -0.05) is 24.3 Å². The molecule has 1 atom stereocenters. The summed E-state index contributed by atoms with van der Waals surface area (Å²) in [6.45, 7) is 7.70. The van der Waals surface area contributed by atoms with Crippen LogP contribution in [-0.2, 0) is 11.3 Å². The predicted octanol–water partition coefficient (Wildman–Crippen LogP) is 3.33. The Balaban J connectivity index is 1.24. The molecular weight excluding hydrogens is 423 g/mol. The molecule has 0 spiro atoms. The Morgan fingerprint density at radius 1 is 0.939 bits per heavy atom. The number of halogens is 1. The van der Waals surface area contributed by atoms with Crippen LogP contribution in [0.25, 0.3) is 0 Å². The molecule has 2 saturated heterocycles. The molecule has 0 radical (unpaired) electrons. The van der Waals surface area contributed by atoms with Crippen LogP contribution in [0.1, 0.15) is 24.8 Å². The molecule has 7 heteroatoms. The average molecular weight is 459 g/mol. The number of hydrogen-bond donors (Lipinski definition) is 1. The first-order valence-electron chi connectivity index (χ1n) is 11.9. The topological polar surface area (TPSA) is 54.4 Å². The highest BCUT2D eigenvalue weighted by Crippen LogP contribution is 2.26. The molecule has 33 heavy (non-hydrogen) atoms. The van der Waals surface area contributed by atoms with Crippen LogP contribution in [-0.4, -0.2) is 79.7 Å². The van der Waals surface area contributed by atoms with Crippen molar-refractivity contribution in [2.45, 2.75) is 31.4 Å². The minimum Gasteiger partial charge on any atom is -0.492 e. The first-order valence-corrected chi connectivity index (χ1v) is 11.9. The zero-order valence-electron chi connectivity index (χ0n) is 19.3. The second-order valence-electron chi connectivity index (χ2n) is 9.02. The fourth-order valence-electron chi connectivity index (χ4n) is 4.42. The van der Waals surface area contributed by atoms with Gasteiger partial charge in [-0.05, 0) is 55.6 Å². The molecule has 2 heterocycles. The van der Waals surface area contributed by atoms with Crippen molar-refractivity contribution in [3.63, 3.8) is 0 Å². The third kappa shape index (κ3) is 7.40. The summed E-state index contributed by atoms with van der Waals surface area (Å²) in [5, 5.41) is 11.0. The van der Waals surface area contributed by atoms with Crippen LogP contribution >= 0.6 is 0 Å². The number of ether oxygens (including phenoxy) is 3. The van der Waals surface area contributed by atoms with Crippen LogP contribution in [0.2, 0.25) is 0 Å². The second-order valence-corrected chi connectivity index (χ2v) is 9.02. The lowest BCUT2D eigenvalue weighted by atomic mass is 9.96. The number of para-hydroxylation sites is 1. The van der Waals surface area contributed by atoms with E-state index in [1.54, 1.807) is 18.2 Å². The van der Waals surface area contributed by atoms with Gasteiger partial charge in [0.2, 0.25) is 0 Å². The molecule has 1 N–H and O–H groups in total. The molecule has 1 unspecified atom stereocenters. The molecule has 2 aliphatic heterocycles. The van der Waals surface area contributed by atoms with Crippen molar-refractivity contribution in [3.05, 3.63) is 59.9 Å². The summed E-state index contributed by atoms with van der Waals surface area (Å²) in [5.41, 5.74) is 0.258. The van der Waals surface area contributed by atoms with E-state index in [0.29, 0.717) is 19.4 Å². The van der Waals surface area contributed by atoms with Crippen LogP contribution in [0.3, 0.4) is 0 Å². The summed E-state index contributed by atoms with van der Waals surface area (Å²) in [6.07, 6.45) is 2.10. The number of nitrogens with zero attached hydrogens (tertiary/aromatic N) is 2. The van der Waals surface area contributed by atoms with E-state index >= 15 is 0 Å². The average Bonchev–Trinajstić information content (AvgIpc) is 3.01. The van der Waals surface area contributed by atoms with Gasteiger partial charge in [0.05, 0.1) is 18.8 Å². The van der Waals surface area contributed by atoms with Gasteiger partial charge in [0, 0.05) is 32.7 Å². The lowest BCUT2D eigenvalue weighted by Crippen LogP contribution is -2.38. The molecule has 2 fully saturated rings. The molecule has 0 aromatic heterocycles. The quantitative estimate of drug-likeness (QED) is 0.622. The van der Waals surface area contributed by atoms with Crippen LogP contribution in [0, 0.1) is 5.82 Å². The van der Waals surface area contributed by atoms with Gasteiger partial charge in [0.1, 0.15) is 19.0 Å². The SMILES string of the molecule is OC1(COc2ccccc2F)CCCN(Cc2cccc(OCCN3CCOCC3)c2)CC1. The van der Waals surface area contributed by atoms with E-state index in [0.717, 1.165) is 64.7 Å². The van der Waals surface area contributed by atoms with Gasteiger partial charge < -0.3 is 19.3 Å². The monoisotopic (exact) mass is 458 g/mol. The van der Waals surface area contributed by atoms with Gasteiger partial charge in [-0.15, -0.1) is 0 Å². The fourth-order valence-corrected chi connectivity index (χ4v) is 4.42. The lowest BCUT2D eigenvalue weighted by Gasteiger charge is -2.27. The maximum atomic E-state index is 13.8. The highest BCUT2D eigenvalue weighted by molar-refractivity contribution is 5.28. The van der Waals surface area contributed by atoms with E-state index in [1.165, 1.54) is 11.6 Å². The standard InChI is InChI=1S/C26H35FN2O4/c27-24-7-1-2-8-25(24)33-21-26(30)9-4-11-29(12-10-26)20-22-5-3-6-23(19-22)32-18-15-28-13-16-31-17-14-28/h1-3,5-8,19,30H,4,9-18,20-21H2. The highest BCUT2D eigenvalue weighted by atomic mass is 19.1. The second kappa shape index (κ2) is 11.8. The fraction of sp³-hybridized carbons (Fsp3) is 0.538. The molecule has 6 nitrogen and oxygen atoms in total. The Hall–Kier alpha value is -2.19. The van der Waals surface area contributed by atoms with Gasteiger partial charge in [0.15, 0.2) is 11.6 Å². The summed E-state index contributed by atoms with van der Waals surface area (Å²) in [7, 11) is 0. The molecule has 2 aromatic rings. The maximum Gasteiger partial charge on any atom is 0.165 e. The number of hydrogen-bond acceptors (Lipinski definition) is 6. The number of benzene rings is 2. The molecule has 0 amide bonds. The zero-order chi connectivity index (χ0) is 22.9. The van der Waals surface area contributed by atoms with Crippen molar-refractivity contribution in [3.8, 4) is 11.5 Å². The van der Waals surface area contributed by atoms with E-state index < -0.39 is 11.4 Å². The first-order chi connectivity index (χ1) is 16.1. The Labute approximate surface area is 195 Å². The first kappa shape index (κ1) is 24.0. The molecule has 0 bridgehead atoms. The Bertz CT molecular complexity index is 877. The van der Waals surface area contributed by atoms with Crippen molar-refractivity contribution >= 4 is 0 Å². The lowest BCUT2D eigenvalue weighted by molar-refractivity contribution is -0.0177. The molecule has 2 aliphatic rings. The number of likely N-dealkylation sites (tertiary alicyclic amines) is 1. The minimum atomic E-state index is -0.943. The summed E-state index contributed by atoms with van der Waals surface area (Å²) in [6, 6.07) is 14.6. The van der Waals surface area contributed by atoms with Crippen molar-refractivity contribution in [2.24, 2.45) is 0 Å².